The molecule has 0 aliphatic rings. The molecule has 3 nitrogen and oxygen atoms in total. The molecule has 2 unspecified atom stereocenters. The van der Waals surface area contributed by atoms with Gasteiger partial charge in [0.05, 0.1) is 5.92 Å². The van der Waals surface area contributed by atoms with Crippen molar-refractivity contribution in [1.82, 2.24) is 0 Å². The van der Waals surface area contributed by atoms with Crippen LogP contribution in [0.5, 0.6) is 0 Å². The lowest BCUT2D eigenvalue weighted by Crippen LogP contribution is -2.50. The van der Waals surface area contributed by atoms with E-state index in [4.69, 9.17) is 10.8 Å². The molecule has 0 radical (unpaired) electrons. The first-order chi connectivity index (χ1) is 4.80. The van der Waals surface area contributed by atoms with Gasteiger partial charge in [0.1, 0.15) is 0 Å². The van der Waals surface area contributed by atoms with E-state index in [-0.39, 0.29) is 5.92 Å². The van der Waals surface area contributed by atoms with Gasteiger partial charge in [0.25, 0.3) is 0 Å². The summed E-state index contributed by atoms with van der Waals surface area (Å²) < 4.78 is 0. The van der Waals surface area contributed by atoms with Gasteiger partial charge in [-0.3, -0.25) is 4.79 Å². The van der Waals surface area contributed by atoms with E-state index in [9.17, 15) is 4.79 Å². The molecular formula is C8H17NO2. The predicted octanol–water partition coefficient (Wildman–Crippen LogP) is 1.08. The van der Waals surface area contributed by atoms with Gasteiger partial charge >= 0.3 is 5.97 Å². The van der Waals surface area contributed by atoms with E-state index in [0.29, 0.717) is 0 Å². The van der Waals surface area contributed by atoms with Gasteiger partial charge in [0.15, 0.2) is 0 Å². The first-order valence-electron chi connectivity index (χ1n) is 3.81. The van der Waals surface area contributed by atoms with Crippen LogP contribution < -0.4 is 5.73 Å². The number of nitrogens with two attached hydrogens (primary N) is 1. The summed E-state index contributed by atoms with van der Waals surface area (Å²) in [5.41, 5.74) is 5.20. The summed E-state index contributed by atoms with van der Waals surface area (Å²) in [6, 6.07) is 0. The number of hydrogen-bond acceptors (Lipinski definition) is 2. The lowest BCUT2D eigenvalue weighted by Gasteiger charge is -2.32. The highest BCUT2D eigenvalue weighted by Gasteiger charge is 2.34. The van der Waals surface area contributed by atoms with E-state index in [1.807, 2.05) is 13.8 Å². The van der Waals surface area contributed by atoms with Gasteiger partial charge in [-0.2, -0.15) is 0 Å². The van der Waals surface area contributed by atoms with E-state index < -0.39 is 17.4 Å². The van der Waals surface area contributed by atoms with Crippen molar-refractivity contribution < 1.29 is 9.90 Å². The maximum atomic E-state index is 10.6. The number of carbonyl (C=O) groups is 1. The molecule has 0 saturated carbocycles. The van der Waals surface area contributed by atoms with Crippen LogP contribution in [0.1, 0.15) is 27.7 Å². The van der Waals surface area contributed by atoms with Crippen LogP contribution in [0.4, 0.5) is 0 Å². The Morgan fingerprint density at radius 2 is 1.82 bits per heavy atom. The lowest BCUT2D eigenvalue weighted by atomic mass is 9.79. The van der Waals surface area contributed by atoms with E-state index in [0.717, 1.165) is 0 Å². The average Bonchev–Trinajstić information content (AvgIpc) is 1.85. The van der Waals surface area contributed by atoms with Crippen molar-refractivity contribution in [3.05, 3.63) is 0 Å². The van der Waals surface area contributed by atoms with E-state index in [2.05, 4.69) is 0 Å². The monoisotopic (exact) mass is 159 g/mol. The van der Waals surface area contributed by atoms with Crippen molar-refractivity contribution in [3.63, 3.8) is 0 Å². The number of rotatable bonds is 3. The normalized spacial score (nSPS) is 19.5. The topological polar surface area (TPSA) is 63.3 Å². The molecule has 0 amide bonds. The second-order valence-corrected chi connectivity index (χ2v) is 3.58. The lowest BCUT2D eigenvalue weighted by molar-refractivity contribution is -0.143. The number of carboxylic acids is 1. The summed E-state index contributed by atoms with van der Waals surface area (Å²) >= 11 is 0. The van der Waals surface area contributed by atoms with Gasteiger partial charge in [0, 0.05) is 5.54 Å². The number of aliphatic carboxylic acids is 1. The number of hydrogen-bond donors (Lipinski definition) is 2. The third kappa shape index (κ3) is 2.19. The molecule has 0 aliphatic heterocycles. The Labute approximate surface area is 67.6 Å². The molecule has 0 aromatic heterocycles. The molecule has 0 rings (SSSR count). The molecule has 11 heavy (non-hydrogen) atoms. The smallest absolute Gasteiger partial charge is 0.308 e. The molecule has 0 spiro atoms. The fourth-order valence-electron chi connectivity index (χ4n) is 0.766. The van der Waals surface area contributed by atoms with Crippen LogP contribution in [0.2, 0.25) is 0 Å². The van der Waals surface area contributed by atoms with Gasteiger partial charge in [-0.25, -0.2) is 0 Å². The van der Waals surface area contributed by atoms with Crippen molar-refractivity contribution in [1.29, 1.82) is 0 Å². The fourth-order valence-corrected chi connectivity index (χ4v) is 0.766. The Hall–Kier alpha value is -0.570. The molecule has 66 valence electrons. The quantitative estimate of drug-likeness (QED) is 0.647. The summed E-state index contributed by atoms with van der Waals surface area (Å²) in [5.74, 6) is -1.15. The van der Waals surface area contributed by atoms with E-state index in [1.165, 1.54) is 0 Å². The molecule has 0 aromatic carbocycles. The molecular weight excluding hydrogens is 142 g/mol. The molecule has 0 fully saturated rings. The largest absolute Gasteiger partial charge is 0.481 e. The molecule has 3 heteroatoms. The molecule has 2 atom stereocenters. The summed E-state index contributed by atoms with van der Waals surface area (Å²) in [5, 5.41) is 8.69. The van der Waals surface area contributed by atoms with Crippen molar-refractivity contribution in [2.45, 2.75) is 33.2 Å². The average molecular weight is 159 g/mol. The molecule has 0 bridgehead atoms. The maximum absolute atomic E-state index is 10.6. The molecule has 0 aromatic rings. The minimum Gasteiger partial charge on any atom is -0.481 e. The van der Waals surface area contributed by atoms with Crippen molar-refractivity contribution in [2.24, 2.45) is 17.6 Å². The Balaban J connectivity index is 4.41. The highest BCUT2D eigenvalue weighted by molar-refractivity contribution is 5.71. The first kappa shape index (κ1) is 10.4. The third-order valence-electron chi connectivity index (χ3n) is 2.55. The Morgan fingerprint density at radius 3 is 1.91 bits per heavy atom. The standard InChI is InChI=1S/C8H17NO2/c1-5(2)8(4,9)6(3)7(10)11/h5-6H,9H2,1-4H3,(H,10,11). The maximum Gasteiger partial charge on any atom is 0.308 e. The zero-order chi connectivity index (χ0) is 9.23. The van der Waals surface area contributed by atoms with Gasteiger partial charge in [-0.1, -0.05) is 20.8 Å². The molecule has 0 saturated heterocycles. The van der Waals surface area contributed by atoms with Crippen LogP contribution in [-0.4, -0.2) is 16.6 Å². The molecule has 0 aliphatic carbocycles. The minimum atomic E-state index is -0.830. The third-order valence-corrected chi connectivity index (χ3v) is 2.55. The van der Waals surface area contributed by atoms with Gasteiger partial charge in [-0.15, -0.1) is 0 Å². The summed E-state index contributed by atoms with van der Waals surface area (Å²) in [6.45, 7) is 7.28. The molecule has 3 N–H and O–H groups in total. The van der Waals surface area contributed by atoms with Crippen molar-refractivity contribution in [3.8, 4) is 0 Å². The van der Waals surface area contributed by atoms with Crippen LogP contribution in [0.3, 0.4) is 0 Å². The summed E-state index contributed by atoms with van der Waals surface area (Å²) in [7, 11) is 0. The number of carboxylic acid groups (broad SMARTS) is 1. The van der Waals surface area contributed by atoms with Crippen LogP contribution in [0.25, 0.3) is 0 Å². The predicted molar refractivity (Wildman–Crippen MR) is 44.2 cm³/mol. The van der Waals surface area contributed by atoms with Crippen LogP contribution in [0.15, 0.2) is 0 Å². The molecule has 0 heterocycles. The zero-order valence-electron chi connectivity index (χ0n) is 7.59. The van der Waals surface area contributed by atoms with E-state index >= 15 is 0 Å². The SMILES string of the molecule is CC(C)C(C)(N)C(C)C(=O)O. The Morgan fingerprint density at radius 1 is 1.45 bits per heavy atom. The van der Waals surface area contributed by atoms with Crippen LogP contribution >= 0.6 is 0 Å². The summed E-state index contributed by atoms with van der Waals surface area (Å²) in [6.07, 6.45) is 0. The van der Waals surface area contributed by atoms with Gasteiger partial charge < -0.3 is 10.8 Å². The Kier molecular flexibility index (Phi) is 3.05. The highest BCUT2D eigenvalue weighted by Crippen LogP contribution is 2.22. The van der Waals surface area contributed by atoms with E-state index in [1.54, 1.807) is 13.8 Å². The zero-order valence-corrected chi connectivity index (χ0v) is 7.59. The second kappa shape index (κ2) is 3.22. The van der Waals surface area contributed by atoms with Crippen LogP contribution in [0, 0.1) is 11.8 Å². The Bertz CT molecular complexity index is 152. The van der Waals surface area contributed by atoms with Crippen LogP contribution in [-0.2, 0) is 4.79 Å². The fraction of sp³-hybridized carbons (Fsp3) is 0.875. The second-order valence-electron chi connectivity index (χ2n) is 3.58. The summed E-state index contributed by atoms with van der Waals surface area (Å²) in [4.78, 5) is 10.6. The van der Waals surface area contributed by atoms with Gasteiger partial charge in [0.2, 0.25) is 0 Å². The first-order valence-corrected chi connectivity index (χ1v) is 3.81. The highest BCUT2D eigenvalue weighted by atomic mass is 16.4. The minimum absolute atomic E-state index is 0.175. The van der Waals surface area contributed by atoms with Crippen molar-refractivity contribution >= 4 is 5.97 Å². The van der Waals surface area contributed by atoms with Crippen molar-refractivity contribution in [2.75, 3.05) is 0 Å². The van der Waals surface area contributed by atoms with Gasteiger partial charge in [-0.05, 0) is 12.8 Å².